The third-order valence-corrected chi connectivity index (χ3v) is 2.38. The Kier molecular flexibility index (Phi) is 4.54. The number of alkyl halides is 3. The van der Waals surface area contributed by atoms with Gasteiger partial charge < -0.3 is 5.11 Å². The minimum absolute atomic E-state index is 0.362. The van der Waals surface area contributed by atoms with Gasteiger partial charge in [0.2, 0.25) is 0 Å². The normalized spacial score (nSPS) is 13.8. The molecule has 2 N–H and O–H groups in total. The zero-order valence-electron chi connectivity index (χ0n) is 9.80. The highest BCUT2D eigenvalue weighted by Crippen LogP contribution is 2.19. The molecule has 1 aromatic carbocycles. The standard InChI is InChI=1S/C12H16F3NO/c1-8-3-9(2)5-10(4-8)11(6-17)16-7-12(13,14)15/h3-5,11,16-17H,6-7H2,1-2H3. The summed E-state index contributed by atoms with van der Waals surface area (Å²) in [5, 5.41) is 11.4. The summed E-state index contributed by atoms with van der Waals surface area (Å²) >= 11 is 0. The van der Waals surface area contributed by atoms with E-state index < -0.39 is 18.8 Å². The Morgan fingerprint density at radius 1 is 1.18 bits per heavy atom. The molecule has 0 aliphatic carbocycles. The van der Waals surface area contributed by atoms with E-state index in [0.717, 1.165) is 11.1 Å². The maximum Gasteiger partial charge on any atom is 0.401 e. The maximum absolute atomic E-state index is 12.1. The lowest BCUT2D eigenvalue weighted by molar-refractivity contribution is -0.126. The second kappa shape index (κ2) is 5.51. The average molecular weight is 247 g/mol. The number of hydrogen-bond acceptors (Lipinski definition) is 2. The van der Waals surface area contributed by atoms with E-state index in [-0.39, 0.29) is 6.61 Å². The van der Waals surface area contributed by atoms with E-state index in [1.54, 1.807) is 12.1 Å². The molecule has 1 unspecified atom stereocenters. The Morgan fingerprint density at radius 3 is 2.12 bits per heavy atom. The first-order valence-corrected chi connectivity index (χ1v) is 5.31. The summed E-state index contributed by atoms with van der Waals surface area (Å²) < 4.78 is 36.2. The SMILES string of the molecule is Cc1cc(C)cc(C(CO)NCC(F)(F)F)c1. The fraction of sp³-hybridized carbons (Fsp3) is 0.500. The number of rotatable bonds is 4. The van der Waals surface area contributed by atoms with Crippen molar-refractivity contribution < 1.29 is 18.3 Å². The van der Waals surface area contributed by atoms with E-state index in [1.807, 2.05) is 19.9 Å². The van der Waals surface area contributed by atoms with Crippen molar-refractivity contribution in [2.45, 2.75) is 26.1 Å². The van der Waals surface area contributed by atoms with Gasteiger partial charge in [-0.15, -0.1) is 0 Å². The number of aryl methyl sites for hydroxylation is 2. The van der Waals surface area contributed by atoms with Crippen molar-refractivity contribution in [3.05, 3.63) is 34.9 Å². The molecule has 2 nitrogen and oxygen atoms in total. The molecule has 1 aromatic rings. The third-order valence-electron chi connectivity index (χ3n) is 2.38. The number of nitrogens with one attached hydrogen (secondary N) is 1. The highest BCUT2D eigenvalue weighted by atomic mass is 19.4. The number of benzene rings is 1. The summed E-state index contributed by atoms with van der Waals surface area (Å²) in [7, 11) is 0. The second-order valence-corrected chi connectivity index (χ2v) is 4.15. The highest BCUT2D eigenvalue weighted by Gasteiger charge is 2.28. The van der Waals surface area contributed by atoms with Crippen molar-refractivity contribution in [2.75, 3.05) is 13.2 Å². The number of halogens is 3. The second-order valence-electron chi connectivity index (χ2n) is 4.15. The molecule has 17 heavy (non-hydrogen) atoms. The molecule has 0 aliphatic rings. The predicted molar refractivity (Wildman–Crippen MR) is 59.8 cm³/mol. The predicted octanol–water partition coefficient (Wildman–Crippen LogP) is 2.49. The van der Waals surface area contributed by atoms with Crippen molar-refractivity contribution in [1.82, 2.24) is 5.32 Å². The molecule has 0 bridgehead atoms. The third kappa shape index (κ3) is 4.75. The van der Waals surface area contributed by atoms with E-state index in [1.165, 1.54) is 0 Å². The highest BCUT2D eigenvalue weighted by molar-refractivity contribution is 5.30. The van der Waals surface area contributed by atoms with Gasteiger partial charge in [0.15, 0.2) is 0 Å². The Balaban J connectivity index is 2.79. The summed E-state index contributed by atoms with van der Waals surface area (Å²) in [5.74, 6) is 0. The van der Waals surface area contributed by atoms with Gasteiger partial charge >= 0.3 is 6.18 Å². The molecule has 0 heterocycles. The molecule has 0 fully saturated rings. The van der Waals surface area contributed by atoms with Gasteiger partial charge in [-0.25, -0.2) is 0 Å². The first-order chi connectivity index (χ1) is 7.81. The van der Waals surface area contributed by atoms with Crippen LogP contribution in [0.5, 0.6) is 0 Å². The Hall–Kier alpha value is -1.07. The van der Waals surface area contributed by atoms with Crippen molar-refractivity contribution in [3.63, 3.8) is 0 Å². The van der Waals surface area contributed by atoms with Crippen molar-refractivity contribution in [2.24, 2.45) is 0 Å². The summed E-state index contributed by atoms with van der Waals surface area (Å²) in [6.45, 7) is 2.27. The molecule has 96 valence electrons. The minimum atomic E-state index is -4.27. The quantitative estimate of drug-likeness (QED) is 0.856. The van der Waals surface area contributed by atoms with Crippen LogP contribution in [0, 0.1) is 13.8 Å². The van der Waals surface area contributed by atoms with Gasteiger partial charge in [0.25, 0.3) is 0 Å². The van der Waals surface area contributed by atoms with E-state index in [4.69, 9.17) is 5.11 Å². The van der Waals surface area contributed by atoms with E-state index in [9.17, 15) is 13.2 Å². The first-order valence-electron chi connectivity index (χ1n) is 5.31. The maximum atomic E-state index is 12.1. The molecule has 0 spiro atoms. The lowest BCUT2D eigenvalue weighted by Crippen LogP contribution is -2.33. The van der Waals surface area contributed by atoms with Crippen LogP contribution in [0.25, 0.3) is 0 Å². The van der Waals surface area contributed by atoms with Crippen molar-refractivity contribution in [1.29, 1.82) is 0 Å². The summed E-state index contributed by atoms with van der Waals surface area (Å²) in [4.78, 5) is 0. The molecular formula is C12H16F3NO. The van der Waals surface area contributed by atoms with Crippen molar-refractivity contribution >= 4 is 0 Å². The summed E-state index contributed by atoms with van der Waals surface area (Å²) in [5.41, 5.74) is 2.61. The van der Waals surface area contributed by atoms with E-state index in [0.29, 0.717) is 5.56 Å². The van der Waals surface area contributed by atoms with Crippen LogP contribution in [0.3, 0.4) is 0 Å². The fourth-order valence-electron chi connectivity index (χ4n) is 1.74. The number of hydrogen-bond donors (Lipinski definition) is 2. The fourth-order valence-corrected chi connectivity index (χ4v) is 1.74. The monoisotopic (exact) mass is 247 g/mol. The van der Waals surface area contributed by atoms with Gasteiger partial charge in [-0.05, 0) is 19.4 Å². The molecule has 0 aliphatic heterocycles. The largest absolute Gasteiger partial charge is 0.401 e. The lowest BCUT2D eigenvalue weighted by Gasteiger charge is -2.19. The summed E-state index contributed by atoms with van der Waals surface area (Å²) in [6, 6.07) is 4.80. The smallest absolute Gasteiger partial charge is 0.394 e. The van der Waals surface area contributed by atoms with Gasteiger partial charge in [0.1, 0.15) is 0 Å². The number of aliphatic hydroxyl groups excluding tert-OH is 1. The molecule has 0 aromatic heterocycles. The molecular weight excluding hydrogens is 231 g/mol. The van der Waals surface area contributed by atoms with Crippen LogP contribution in [0.4, 0.5) is 13.2 Å². The molecule has 1 atom stereocenters. The molecule has 1 rings (SSSR count). The molecule has 0 amide bonds. The topological polar surface area (TPSA) is 32.3 Å². The molecule has 5 heteroatoms. The van der Waals surface area contributed by atoms with Gasteiger partial charge in [0.05, 0.1) is 19.2 Å². The van der Waals surface area contributed by atoms with Crippen LogP contribution in [0.2, 0.25) is 0 Å². The van der Waals surface area contributed by atoms with Crippen LogP contribution in [0.1, 0.15) is 22.7 Å². The summed E-state index contributed by atoms with van der Waals surface area (Å²) in [6.07, 6.45) is -4.27. The average Bonchev–Trinajstić information content (AvgIpc) is 2.15. The lowest BCUT2D eigenvalue weighted by atomic mass is 10.0. The minimum Gasteiger partial charge on any atom is -0.394 e. The molecule has 0 radical (unpaired) electrons. The number of aliphatic hydroxyl groups is 1. The van der Waals surface area contributed by atoms with Gasteiger partial charge in [-0.3, -0.25) is 5.32 Å². The Morgan fingerprint density at radius 2 is 1.71 bits per heavy atom. The van der Waals surface area contributed by atoms with Crippen LogP contribution in [0.15, 0.2) is 18.2 Å². The van der Waals surface area contributed by atoms with Crippen LogP contribution in [-0.2, 0) is 0 Å². The molecule has 0 saturated carbocycles. The van der Waals surface area contributed by atoms with Gasteiger partial charge in [0, 0.05) is 0 Å². The van der Waals surface area contributed by atoms with E-state index >= 15 is 0 Å². The first kappa shape index (κ1) is 14.0. The van der Waals surface area contributed by atoms with Crippen LogP contribution in [-0.4, -0.2) is 24.4 Å². The zero-order valence-corrected chi connectivity index (χ0v) is 9.80. The van der Waals surface area contributed by atoms with Crippen LogP contribution >= 0.6 is 0 Å². The Labute approximate surface area is 98.5 Å². The van der Waals surface area contributed by atoms with E-state index in [2.05, 4.69) is 5.32 Å². The zero-order chi connectivity index (χ0) is 13.1. The van der Waals surface area contributed by atoms with Gasteiger partial charge in [-0.2, -0.15) is 13.2 Å². The molecule has 0 saturated heterocycles. The Bertz CT molecular complexity index is 356. The van der Waals surface area contributed by atoms with Crippen LogP contribution < -0.4 is 5.32 Å². The van der Waals surface area contributed by atoms with Gasteiger partial charge in [-0.1, -0.05) is 29.3 Å². The van der Waals surface area contributed by atoms with Crippen molar-refractivity contribution in [3.8, 4) is 0 Å².